The van der Waals surface area contributed by atoms with Crippen LogP contribution in [-0.4, -0.2) is 52.6 Å². The first-order valence-electron chi connectivity index (χ1n) is 7.31. The molecule has 1 heterocycles. The van der Waals surface area contributed by atoms with Crippen LogP contribution in [-0.2, 0) is 0 Å². The van der Waals surface area contributed by atoms with E-state index in [0.29, 0.717) is 11.9 Å². The second-order valence-electron chi connectivity index (χ2n) is 4.49. The van der Waals surface area contributed by atoms with E-state index in [4.69, 9.17) is 11.6 Å². The van der Waals surface area contributed by atoms with Gasteiger partial charge in [-0.3, -0.25) is 0 Å². The number of hydrogen-bond donors (Lipinski definition) is 2. The van der Waals surface area contributed by atoms with E-state index in [1.165, 1.54) is 0 Å². The van der Waals surface area contributed by atoms with Crippen molar-refractivity contribution >= 4 is 23.5 Å². The van der Waals surface area contributed by atoms with Crippen LogP contribution in [0.1, 0.15) is 33.6 Å². The Morgan fingerprint density at radius 2 is 1.55 bits per heavy atom. The maximum absolute atomic E-state index is 5.89. The molecule has 0 saturated carbocycles. The molecule has 20 heavy (non-hydrogen) atoms. The summed E-state index contributed by atoms with van der Waals surface area (Å²) < 4.78 is 0. The molecule has 6 nitrogen and oxygen atoms in total. The van der Waals surface area contributed by atoms with Crippen molar-refractivity contribution < 1.29 is 0 Å². The maximum Gasteiger partial charge on any atom is 0.228 e. The summed E-state index contributed by atoms with van der Waals surface area (Å²) >= 11 is 5.89. The van der Waals surface area contributed by atoms with Gasteiger partial charge in [0.15, 0.2) is 0 Å². The molecule has 0 aliphatic heterocycles. The van der Waals surface area contributed by atoms with Gasteiger partial charge in [-0.05, 0) is 44.1 Å². The number of rotatable bonds is 10. The van der Waals surface area contributed by atoms with Crippen LogP contribution in [0.15, 0.2) is 0 Å². The number of aromatic nitrogens is 3. The van der Waals surface area contributed by atoms with E-state index < -0.39 is 0 Å². The molecule has 1 aromatic rings. The van der Waals surface area contributed by atoms with E-state index in [-0.39, 0.29) is 5.28 Å². The minimum absolute atomic E-state index is 0.213. The molecule has 0 saturated heterocycles. The number of nitrogens with zero attached hydrogens (tertiary/aromatic N) is 4. The van der Waals surface area contributed by atoms with Gasteiger partial charge in [0.1, 0.15) is 0 Å². The molecule has 0 fully saturated rings. The first-order valence-corrected chi connectivity index (χ1v) is 7.69. The molecule has 0 aromatic carbocycles. The first-order chi connectivity index (χ1) is 9.69. The van der Waals surface area contributed by atoms with Gasteiger partial charge in [-0.1, -0.05) is 20.8 Å². The van der Waals surface area contributed by atoms with E-state index in [9.17, 15) is 0 Å². The summed E-state index contributed by atoms with van der Waals surface area (Å²) in [4.78, 5) is 14.8. The average Bonchev–Trinajstić information content (AvgIpc) is 2.45. The number of hydrogen-bond acceptors (Lipinski definition) is 6. The Kier molecular flexibility index (Phi) is 8.22. The molecule has 0 amide bonds. The quantitative estimate of drug-likeness (QED) is 0.647. The fourth-order valence-electron chi connectivity index (χ4n) is 1.79. The summed E-state index contributed by atoms with van der Waals surface area (Å²) in [6.45, 7) is 11.3. The highest BCUT2D eigenvalue weighted by molar-refractivity contribution is 6.28. The number of nitrogens with one attached hydrogen (secondary N) is 2. The van der Waals surface area contributed by atoms with Crippen molar-refractivity contribution in [2.75, 3.05) is 43.4 Å². The Bertz CT molecular complexity index is 383. The lowest BCUT2D eigenvalue weighted by Gasteiger charge is -2.17. The molecule has 0 aliphatic carbocycles. The van der Waals surface area contributed by atoms with Crippen LogP contribution in [0.25, 0.3) is 0 Å². The van der Waals surface area contributed by atoms with Crippen molar-refractivity contribution in [3.8, 4) is 0 Å². The van der Waals surface area contributed by atoms with Gasteiger partial charge in [0.25, 0.3) is 0 Å². The maximum atomic E-state index is 5.89. The molecule has 1 rings (SSSR count). The minimum atomic E-state index is 0.213. The van der Waals surface area contributed by atoms with Gasteiger partial charge in [-0.25, -0.2) is 0 Å². The summed E-state index contributed by atoms with van der Waals surface area (Å²) in [5, 5.41) is 6.51. The lowest BCUT2D eigenvalue weighted by atomic mass is 10.3. The van der Waals surface area contributed by atoms with Crippen molar-refractivity contribution in [3.05, 3.63) is 5.28 Å². The Labute approximate surface area is 126 Å². The van der Waals surface area contributed by atoms with Crippen LogP contribution in [0, 0.1) is 0 Å². The van der Waals surface area contributed by atoms with Gasteiger partial charge in [0.05, 0.1) is 0 Å². The lowest BCUT2D eigenvalue weighted by Crippen LogP contribution is -2.25. The summed E-state index contributed by atoms with van der Waals surface area (Å²) in [7, 11) is 0. The molecular weight excluding hydrogens is 276 g/mol. The van der Waals surface area contributed by atoms with Gasteiger partial charge in [0.2, 0.25) is 17.2 Å². The molecule has 0 bridgehead atoms. The van der Waals surface area contributed by atoms with Gasteiger partial charge < -0.3 is 15.5 Å². The number of anilines is 2. The number of halogens is 1. The van der Waals surface area contributed by atoms with Gasteiger partial charge in [-0.2, -0.15) is 15.0 Å². The van der Waals surface area contributed by atoms with E-state index in [1.807, 2.05) is 0 Å². The molecule has 2 N–H and O–H groups in total. The largest absolute Gasteiger partial charge is 0.354 e. The second-order valence-corrected chi connectivity index (χ2v) is 4.82. The predicted octanol–water partition coefficient (Wildman–Crippen LogP) is 2.49. The average molecular weight is 301 g/mol. The van der Waals surface area contributed by atoms with E-state index in [0.717, 1.165) is 45.6 Å². The van der Waals surface area contributed by atoms with Crippen LogP contribution in [0.2, 0.25) is 5.28 Å². The zero-order chi connectivity index (χ0) is 14.8. The summed E-state index contributed by atoms with van der Waals surface area (Å²) in [6.07, 6.45) is 2.05. The highest BCUT2D eigenvalue weighted by atomic mass is 35.5. The van der Waals surface area contributed by atoms with Crippen LogP contribution >= 0.6 is 11.6 Å². The first kappa shape index (κ1) is 16.9. The fourth-order valence-corrected chi connectivity index (χ4v) is 1.95. The smallest absolute Gasteiger partial charge is 0.228 e. The second kappa shape index (κ2) is 9.72. The van der Waals surface area contributed by atoms with E-state index >= 15 is 0 Å². The lowest BCUT2D eigenvalue weighted by molar-refractivity contribution is 0.303. The van der Waals surface area contributed by atoms with Crippen LogP contribution in [0.3, 0.4) is 0 Å². The van der Waals surface area contributed by atoms with E-state index in [2.05, 4.69) is 51.3 Å². The molecule has 114 valence electrons. The van der Waals surface area contributed by atoms with Crippen molar-refractivity contribution in [1.29, 1.82) is 0 Å². The van der Waals surface area contributed by atoms with Gasteiger partial charge in [-0.15, -0.1) is 0 Å². The van der Waals surface area contributed by atoms with Crippen molar-refractivity contribution in [2.24, 2.45) is 0 Å². The monoisotopic (exact) mass is 300 g/mol. The summed E-state index contributed by atoms with van der Waals surface area (Å²) in [5.41, 5.74) is 0. The fraction of sp³-hybridized carbons (Fsp3) is 0.769. The molecule has 7 heteroatoms. The molecule has 0 radical (unpaired) electrons. The third-order valence-electron chi connectivity index (χ3n) is 2.97. The zero-order valence-electron chi connectivity index (χ0n) is 12.6. The van der Waals surface area contributed by atoms with E-state index in [1.54, 1.807) is 0 Å². The molecular formula is C13H25ClN6. The Morgan fingerprint density at radius 3 is 2.10 bits per heavy atom. The van der Waals surface area contributed by atoms with Crippen LogP contribution in [0.5, 0.6) is 0 Å². The van der Waals surface area contributed by atoms with Crippen molar-refractivity contribution in [3.63, 3.8) is 0 Å². The van der Waals surface area contributed by atoms with Crippen LogP contribution in [0.4, 0.5) is 11.9 Å². The normalized spacial score (nSPS) is 10.8. The molecule has 1 aromatic heterocycles. The molecule has 0 aliphatic rings. The third kappa shape index (κ3) is 6.34. The molecule has 0 spiro atoms. The highest BCUT2D eigenvalue weighted by Crippen LogP contribution is 2.09. The Balaban J connectivity index is 2.41. The van der Waals surface area contributed by atoms with Gasteiger partial charge >= 0.3 is 0 Å². The standard InChI is InChI=1S/C13H25ClN6/c1-4-8-15-12-17-11(14)18-13(19-12)16-9-7-10-20(5-2)6-3/h4-10H2,1-3H3,(H2,15,16,17,18,19). The highest BCUT2D eigenvalue weighted by Gasteiger charge is 2.04. The van der Waals surface area contributed by atoms with Crippen molar-refractivity contribution in [2.45, 2.75) is 33.6 Å². The molecule has 0 atom stereocenters. The minimum Gasteiger partial charge on any atom is -0.354 e. The Hall–Kier alpha value is -1.14. The topological polar surface area (TPSA) is 66.0 Å². The van der Waals surface area contributed by atoms with Crippen molar-refractivity contribution in [1.82, 2.24) is 19.9 Å². The Morgan fingerprint density at radius 1 is 0.950 bits per heavy atom. The molecule has 0 unspecified atom stereocenters. The predicted molar refractivity (Wildman–Crippen MR) is 84.5 cm³/mol. The third-order valence-corrected chi connectivity index (χ3v) is 3.14. The summed E-state index contributed by atoms with van der Waals surface area (Å²) in [6, 6.07) is 0. The van der Waals surface area contributed by atoms with Gasteiger partial charge in [0, 0.05) is 13.1 Å². The van der Waals surface area contributed by atoms with Crippen LogP contribution < -0.4 is 10.6 Å². The summed E-state index contributed by atoms with van der Waals surface area (Å²) in [5.74, 6) is 1.06. The SMILES string of the molecule is CCCNc1nc(Cl)nc(NCCCN(CC)CC)n1. The zero-order valence-corrected chi connectivity index (χ0v) is 13.4.